The van der Waals surface area contributed by atoms with Gasteiger partial charge >= 0.3 is 0 Å². The van der Waals surface area contributed by atoms with E-state index in [0.29, 0.717) is 23.4 Å². The number of amides is 1. The molecule has 1 aromatic heterocycles. The van der Waals surface area contributed by atoms with Gasteiger partial charge in [0.15, 0.2) is 0 Å². The van der Waals surface area contributed by atoms with Crippen LogP contribution in [0.1, 0.15) is 54.5 Å². The minimum Gasteiger partial charge on any atom is -0.340 e. The quantitative estimate of drug-likeness (QED) is 0.906. The summed E-state index contributed by atoms with van der Waals surface area (Å²) in [4.78, 5) is 23.8. The van der Waals surface area contributed by atoms with Crippen LogP contribution in [0.25, 0.3) is 0 Å². The summed E-state index contributed by atoms with van der Waals surface area (Å²) in [5, 5.41) is 3.31. The lowest BCUT2D eigenvalue weighted by Crippen LogP contribution is -2.43. The van der Waals surface area contributed by atoms with Gasteiger partial charge in [-0.2, -0.15) is 0 Å². The molecule has 1 saturated heterocycles. The number of piperidine rings is 1. The Hall–Kier alpha value is -2.43. The zero-order valence-electron chi connectivity index (χ0n) is 15.2. The molecule has 1 atom stereocenters. The van der Waals surface area contributed by atoms with Gasteiger partial charge in [-0.3, -0.25) is 4.79 Å². The molecule has 1 aliphatic rings. The lowest BCUT2D eigenvalue weighted by Gasteiger charge is -2.35. The summed E-state index contributed by atoms with van der Waals surface area (Å²) in [5.74, 6) is 1.28. The summed E-state index contributed by atoms with van der Waals surface area (Å²) in [6.45, 7) is 6.84. The molecule has 25 heavy (non-hydrogen) atoms. The van der Waals surface area contributed by atoms with E-state index in [1.165, 1.54) is 6.42 Å². The van der Waals surface area contributed by atoms with Crippen molar-refractivity contribution in [2.75, 3.05) is 11.9 Å². The SMILES string of the molecule is CCC1CCCCN1C(=O)c1cc(Nc2ccccc2C)nc(C)n1. The highest BCUT2D eigenvalue weighted by Gasteiger charge is 2.27. The maximum atomic E-state index is 13.0. The van der Waals surface area contributed by atoms with Crippen molar-refractivity contribution in [2.24, 2.45) is 0 Å². The number of carbonyl (C=O) groups excluding carboxylic acids is 1. The number of likely N-dealkylation sites (tertiary alicyclic amines) is 1. The Morgan fingerprint density at radius 1 is 1.24 bits per heavy atom. The van der Waals surface area contributed by atoms with Gasteiger partial charge < -0.3 is 10.2 Å². The minimum atomic E-state index is 0.0184. The third-order valence-electron chi connectivity index (χ3n) is 4.82. The fourth-order valence-corrected chi connectivity index (χ4v) is 3.43. The molecule has 1 amide bonds. The molecular weight excluding hydrogens is 312 g/mol. The van der Waals surface area contributed by atoms with Crippen molar-refractivity contribution in [3.05, 3.63) is 47.4 Å². The number of nitrogens with one attached hydrogen (secondary N) is 1. The molecule has 0 aliphatic carbocycles. The largest absolute Gasteiger partial charge is 0.340 e. The first kappa shape index (κ1) is 17.4. The molecule has 132 valence electrons. The third kappa shape index (κ3) is 3.98. The van der Waals surface area contributed by atoms with E-state index in [0.717, 1.165) is 37.1 Å². The first-order valence-electron chi connectivity index (χ1n) is 9.07. The van der Waals surface area contributed by atoms with E-state index in [1.807, 2.05) is 43.0 Å². The third-order valence-corrected chi connectivity index (χ3v) is 4.82. The fourth-order valence-electron chi connectivity index (χ4n) is 3.43. The number of benzene rings is 1. The van der Waals surface area contributed by atoms with Crippen LogP contribution >= 0.6 is 0 Å². The lowest BCUT2D eigenvalue weighted by molar-refractivity contribution is 0.0601. The number of anilines is 2. The van der Waals surface area contributed by atoms with Gasteiger partial charge in [-0.05, 0) is 51.2 Å². The standard InChI is InChI=1S/C20H26N4O/c1-4-16-10-7-8-12-24(16)20(25)18-13-19(22-15(3)21-18)23-17-11-6-5-9-14(17)2/h5-6,9,11,13,16H,4,7-8,10,12H2,1-3H3,(H,21,22,23). The summed E-state index contributed by atoms with van der Waals surface area (Å²) < 4.78 is 0. The number of aromatic nitrogens is 2. The van der Waals surface area contributed by atoms with Crippen molar-refractivity contribution in [3.8, 4) is 0 Å². The van der Waals surface area contributed by atoms with E-state index in [4.69, 9.17) is 0 Å². The van der Waals surface area contributed by atoms with Crippen LogP contribution in [0, 0.1) is 13.8 Å². The number of nitrogens with zero attached hydrogens (tertiary/aromatic N) is 3. The summed E-state index contributed by atoms with van der Waals surface area (Å²) in [5.41, 5.74) is 2.60. The monoisotopic (exact) mass is 338 g/mol. The molecule has 0 spiro atoms. The zero-order valence-corrected chi connectivity index (χ0v) is 15.2. The zero-order chi connectivity index (χ0) is 17.8. The summed E-state index contributed by atoms with van der Waals surface area (Å²) in [7, 11) is 0. The number of aryl methyl sites for hydroxylation is 2. The van der Waals surface area contributed by atoms with E-state index >= 15 is 0 Å². The van der Waals surface area contributed by atoms with Crippen molar-refractivity contribution in [2.45, 2.75) is 52.5 Å². The van der Waals surface area contributed by atoms with E-state index in [9.17, 15) is 4.79 Å². The van der Waals surface area contributed by atoms with Crippen molar-refractivity contribution >= 4 is 17.4 Å². The van der Waals surface area contributed by atoms with Gasteiger partial charge in [0.2, 0.25) is 0 Å². The molecule has 0 saturated carbocycles. The normalized spacial score (nSPS) is 17.4. The first-order valence-corrected chi connectivity index (χ1v) is 9.07. The van der Waals surface area contributed by atoms with E-state index in [-0.39, 0.29) is 5.91 Å². The molecule has 1 N–H and O–H groups in total. The molecule has 0 radical (unpaired) electrons. The second-order valence-electron chi connectivity index (χ2n) is 6.68. The smallest absolute Gasteiger partial charge is 0.272 e. The topological polar surface area (TPSA) is 58.1 Å². The maximum absolute atomic E-state index is 13.0. The van der Waals surface area contributed by atoms with Gasteiger partial charge in [0.1, 0.15) is 17.3 Å². The van der Waals surface area contributed by atoms with Crippen LogP contribution in [0.2, 0.25) is 0 Å². The number of hydrogen-bond acceptors (Lipinski definition) is 4. The van der Waals surface area contributed by atoms with Gasteiger partial charge in [0, 0.05) is 24.3 Å². The maximum Gasteiger partial charge on any atom is 0.272 e. The second-order valence-corrected chi connectivity index (χ2v) is 6.68. The van der Waals surface area contributed by atoms with Gasteiger partial charge in [0.25, 0.3) is 5.91 Å². The van der Waals surface area contributed by atoms with E-state index < -0.39 is 0 Å². The Morgan fingerprint density at radius 2 is 2.04 bits per heavy atom. The number of rotatable bonds is 4. The average molecular weight is 338 g/mol. The fraction of sp³-hybridized carbons (Fsp3) is 0.450. The Balaban J connectivity index is 1.86. The Kier molecular flexibility index (Phi) is 5.31. The van der Waals surface area contributed by atoms with Crippen molar-refractivity contribution in [3.63, 3.8) is 0 Å². The van der Waals surface area contributed by atoms with Crippen LogP contribution in [0.3, 0.4) is 0 Å². The Morgan fingerprint density at radius 3 is 2.80 bits per heavy atom. The molecule has 2 aromatic rings. The first-order chi connectivity index (χ1) is 12.1. The van der Waals surface area contributed by atoms with Gasteiger partial charge in [0.05, 0.1) is 0 Å². The molecule has 1 fully saturated rings. The van der Waals surface area contributed by atoms with Crippen LogP contribution in [0.4, 0.5) is 11.5 Å². The van der Waals surface area contributed by atoms with E-state index in [2.05, 4.69) is 22.2 Å². The molecule has 5 nitrogen and oxygen atoms in total. The Bertz CT molecular complexity index is 759. The molecular formula is C20H26N4O. The second kappa shape index (κ2) is 7.64. The molecule has 3 rings (SSSR count). The molecule has 2 heterocycles. The number of carbonyl (C=O) groups is 1. The predicted molar refractivity (Wildman–Crippen MR) is 100 cm³/mol. The van der Waals surface area contributed by atoms with Crippen molar-refractivity contribution < 1.29 is 4.79 Å². The van der Waals surface area contributed by atoms with E-state index in [1.54, 1.807) is 6.07 Å². The van der Waals surface area contributed by atoms with Crippen LogP contribution in [0.5, 0.6) is 0 Å². The molecule has 1 unspecified atom stereocenters. The summed E-state index contributed by atoms with van der Waals surface area (Å²) in [6.07, 6.45) is 4.34. The Labute approximate surface area is 149 Å². The average Bonchev–Trinajstić information content (AvgIpc) is 2.62. The van der Waals surface area contributed by atoms with Crippen molar-refractivity contribution in [1.82, 2.24) is 14.9 Å². The lowest BCUT2D eigenvalue weighted by atomic mass is 9.99. The van der Waals surface area contributed by atoms with Crippen LogP contribution in [-0.4, -0.2) is 33.4 Å². The predicted octanol–water partition coefficient (Wildman–Crippen LogP) is 4.24. The molecule has 0 bridgehead atoms. The number of hydrogen-bond donors (Lipinski definition) is 1. The highest BCUT2D eigenvalue weighted by atomic mass is 16.2. The van der Waals surface area contributed by atoms with Gasteiger partial charge in [-0.15, -0.1) is 0 Å². The molecule has 1 aromatic carbocycles. The van der Waals surface area contributed by atoms with Crippen molar-refractivity contribution in [1.29, 1.82) is 0 Å². The van der Waals surface area contributed by atoms with Gasteiger partial charge in [-0.1, -0.05) is 25.1 Å². The number of para-hydroxylation sites is 1. The van der Waals surface area contributed by atoms with Crippen LogP contribution in [0.15, 0.2) is 30.3 Å². The molecule has 1 aliphatic heterocycles. The minimum absolute atomic E-state index is 0.0184. The van der Waals surface area contributed by atoms with Crippen LogP contribution < -0.4 is 5.32 Å². The van der Waals surface area contributed by atoms with Crippen LogP contribution in [-0.2, 0) is 0 Å². The highest BCUT2D eigenvalue weighted by molar-refractivity contribution is 5.93. The van der Waals surface area contributed by atoms with Gasteiger partial charge in [-0.25, -0.2) is 9.97 Å². The summed E-state index contributed by atoms with van der Waals surface area (Å²) in [6, 6.07) is 10.1. The molecule has 5 heteroatoms. The summed E-state index contributed by atoms with van der Waals surface area (Å²) >= 11 is 0. The highest BCUT2D eigenvalue weighted by Crippen LogP contribution is 2.23.